The highest BCUT2D eigenvalue weighted by molar-refractivity contribution is 7.89. The standard InChI is InChI=1S/C28H31ClN8O4S2/c1-19-4-5-21(29)16-22(19)33-8-10-34(11-9-33)23(38)17-36-18-32-26-24(27(36)39)25(20(2)42-26)43(40,41)37-14-12-35(13-15-37)28-30-6-3-7-31-28/h3-7,16,18H,8-15,17H2,1-2H3. The first-order chi connectivity index (χ1) is 20.6. The molecule has 2 aliphatic heterocycles. The molecular weight excluding hydrogens is 612 g/mol. The van der Waals surface area contributed by atoms with Crippen LogP contribution in [-0.4, -0.2) is 95.4 Å². The van der Waals surface area contributed by atoms with Gasteiger partial charge in [-0.3, -0.25) is 14.2 Å². The van der Waals surface area contributed by atoms with E-state index in [1.807, 2.05) is 30.0 Å². The van der Waals surface area contributed by atoms with Crippen LogP contribution in [0.25, 0.3) is 10.2 Å². The Morgan fingerprint density at radius 3 is 2.33 bits per heavy atom. The normalized spacial score (nSPS) is 16.7. The fourth-order valence-electron chi connectivity index (χ4n) is 5.61. The topological polar surface area (TPSA) is 125 Å². The zero-order valence-corrected chi connectivity index (χ0v) is 26.2. The van der Waals surface area contributed by atoms with E-state index >= 15 is 0 Å². The summed E-state index contributed by atoms with van der Waals surface area (Å²) >= 11 is 7.37. The Bertz CT molecular complexity index is 1830. The average Bonchev–Trinajstić information content (AvgIpc) is 3.37. The Labute approximate surface area is 258 Å². The molecule has 1 amide bonds. The minimum atomic E-state index is -4.00. The van der Waals surface area contributed by atoms with Crippen LogP contribution in [0.2, 0.25) is 5.02 Å². The fourth-order valence-corrected chi connectivity index (χ4v) is 8.87. The van der Waals surface area contributed by atoms with E-state index in [4.69, 9.17) is 11.6 Å². The number of carbonyl (C=O) groups is 1. The van der Waals surface area contributed by atoms with Gasteiger partial charge in [0.15, 0.2) is 0 Å². The number of nitrogens with zero attached hydrogens (tertiary/aromatic N) is 8. The van der Waals surface area contributed by atoms with E-state index in [0.29, 0.717) is 59.9 Å². The number of rotatable bonds is 6. The molecule has 3 aromatic heterocycles. The molecule has 0 aliphatic carbocycles. The molecule has 0 radical (unpaired) electrons. The van der Waals surface area contributed by atoms with Gasteiger partial charge >= 0.3 is 0 Å². The molecule has 0 saturated carbocycles. The molecule has 43 heavy (non-hydrogen) atoms. The summed E-state index contributed by atoms with van der Waals surface area (Å²) in [6.07, 6.45) is 4.63. The minimum Gasteiger partial charge on any atom is -0.368 e. The van der Waals surface area contributed by atoms with Gasteiger partial charge in [-0.1, -0.05) is 17.7 Å². The first kappa shape index (κ1) is 29.5. The van der Waals surface area contributed by atoms with Gasteiger partial charge < -0.3 is 14.7 Å². The van der Waals surface area contributed by atoms with Crippen molar-refractivity contribution < 1.29 is 13.2 Å². The lowest BCUT2D eigenvalue weighted by atomic mass is 10.1. The Hall–Kier alpha value is -3.59. The number of amides is 1. The predicted molar refractivity (Wildman–Crippen MR) is 167 cm³/mol. The van der Waals surface area contributed by atoms with Crippen LogP contribution in [-0.2, 0) is 21.4 Å². The molecule has 0 spiro atoms. The summed E-state index contributed by atoms with van der Waals surface area (Å²) in [5.41, 5.74) is 1.62. The second kappa shape index (κ2) is 11.8. The van der Waals surface area contributed by atoms with E-state index in [-0.39, 0.29) is 35.8 Å². The Morgan fingerprint density at radius 2 is 1.63 bits per heavy atom. The lowest BCUT2D eigenvalue weighted by Crippen LogP contribution is -2.50. The van der Waals surface area contributed by atoms with E-state index in [9.17, 15) is 18.0 Å². The molecule has 0 bridgehead atoms. The lowest BCUT2D eigenvalue weighted by Gasteiger charge is -2.37. The number of aryl methyl sites for hydroxylation is 2. The van der Waals surface area contributed by atoms with E-state index < -0.39 is 15.6 Å². The van der Waals surface area contributed by atoms with Crippen molar-refractivity contribution in [3.05, 3.63) is 68.8 Å². The molecule has 0 atom stereocenters. The van der Waals surface area contributed by atoms with Crippen molar-refractivity contribution in [3.8, 4) is 0 Å². The number of fused-ring (bicyclic) bond motifs is 1. The summed E-state index contributed by atoms with van der Waals surface area (Å²) < 4.78 is 30.4. The SMILES string of the molecule is Cc1ccc(Cl)cc1N1CCN(C(=O)Cn2cnc3sc(C)c(S(=O)(=O)N4CCN(c5ncccn5)CC4)c3c2=O)CC1. The zero-order chi connectivity index (χ0) is 30.3. The number of benzene rings is 1. The van der Waals surface area contributed by atoms with Gasteiger partial charge in [-0.2, -0.15) is 4.31 Å². The van der Waals surface area contributed by atoms with Gasteiger partial charge in [0.05, 0.1) is 11.7 Å². The Kier molecular flexibility index (Phi) is 8.11. The number of hydrogen-bond donors (Lipinski definition) is 0. The van der Waals surface area contributed by atoms with E-state index in [1.165, 1.54) is 26.5 Å². The predicted octanol–water partition coefficient (Wildman–Crippen LogP) is 2.38. The largest absolute Gasteiger partial charge is 0.368 e. The van der Waals surface area contributed by atoms with Crippen molar-refractivity contribution in [2.24, 2.45) is 0 Å². The number of carbonyl (C=O) groups excluding carboxylic acids is 1. The minimum absolute atomic E-state index is 0.0262. The van der Waals surface area contributed by atoms with Crippen molar-refractivity contribution in [2.75, 3.05) is 62.2 Å². The van der Waals surface area contributed by atoms with Crippen LogP contribution in [0.15, 0.2) is 52.7 Å². The van der Waals surface area contributed by atoms with Crippen LogP contribution < -0.4 is 15.4 Å². The third kappa shape index (κ3) is 5.71. The summed E-state index contributed by atoms with van der Waals surface area (Å²) in [6, 6.07) is 7.49. The first-order valence-electron chi connectivity index (χ1n) is 13.9. The molecule has 6 rings (SSSR count). The molecular formula is C28H31ClN8O4S2. The highest BCUT2D eigenvalue weighted by Crippen LogP contribution is 2.33. The van der Waals surface area contributed by atoms with Crippen LogP contribution >= 0.6 is 22.9 Å². The number of thiophene rings is 1. The number of hydrogen-bond acceptors (Lipinski definition) is 10. The van der Waals surface area contributed by atoms with Crippen molar-refractivity contribution >= 4 is 60.7 Å². The second-order valence-corrected chi connectivity index (χ2v) is 14.1. The molecule has 0 N–H and O–H groups in total. The van der Waals surface area contributed by atoms with Crippen LogP contribution in [0.5, 0.6) is 0 Å². The smallest absolute Gasteiger partial charge is 0.263 e. The van der Waals surface area contributed by atoms with E-state index in [0.717, 1.165) is 11.3 Å². The summed E-state index contributed by atoms with van der Waals surface area (Å²) in [7, 11) is -4.00. The molecule has 2 saturated heterocycles. The third-order valence-electron chi connectivity index (χ3n) is 7.92. The van der Waals surface area contributed by atoms with Gasteiger partial charge in [0.2, 0.25) is 21.9 Å². The number of aromatic nitrogens is 4. The molecule has 1 aromatic carbocycles. The van der Waals surface area contributed by atoms with Crippen LogP contribution in [0, 0.1) is 13.8 Å². The quantitative estimate of drug-likeness (QED) is 0.312. The Balaban J connectivity index is 1.18. The average molecular weight is 643 g/mol. The van der Waals surface area contributed by atoms with Crippen molar-refractivity contribution in [1.82, 2.24) is 28.7 Å². The molecule has 15 heteroatoms. The van der Waals surface area contributed by atoms with Gasteiger partial charge in [-0.05, 0) is 37.6 Å². The van der Waals surface area contributed by atoms with Gasteiger partial charge in [0.1, 0.15) is 16.3 Å². The molecule has 0 unspecified atom stereocenters. The second-order valence-electron chi connectivity index (χ2n) is 10.6. The summed E-state index contributed by atoms with van der Waals surface area (Å²) in [5.74, 6) is 0.329. The zero-order valence-electron chi connectivity index (χ0n) is 23.8. The van der Waals surface area contributed by atoms with E-state index in [2.05, 4.69) is 19.9 Å². The molecule has 2 fully saturated rings. The van der Waals surface area contributed by atoms with Crippen LogP contribution in [0.1, 0.15) is 10.4 Å². The molecule has 5 heterocycles. The highest BCUT2D eigenvalue weighted by Gasteiger charge is 2.34. The van der Waals surface area contributed by atoms with Crippen molar-refractivity contribution in [2.45, 2.75) is 25.3 Å². The number of sulfonamides is 1. The third-order valence-corrected chi connectivity index (χ3v) is 11.4. The van der Waals surface area contributed by atoms with Crippen LogP contribution in [0.4, 0.5) is 11.6 Å². The van der Waals surface area contributed by atoms with Crippen LogP contribution in [0.3, 0.4) is 0 Å². The maximum Gasteiger partial charge on any atom is 0.263 e. The Morgan fingerprint density at radius 1 is 0.953 bits per heavy atom. The summed E-state index contributed by atoms with van der Waals surface area (Å²) in [5, 5.41) is 0.698. The molecule has 12 nitrogen and oxygen atoms in total. The molecule has 2 aliphatic rings. The van der Waals surface area contributed by atoms with Gasteiger partial charge in [-0.15, -0.1) is 11.3 Å². The number of anilines is 2. The number of halogens is 1. The lowest BCUT2D eigenvalue weighted by molar-refractivity contribution is -0.132. The number of piperazine rings is 2. The van der Waals surface area contributed by atoms with Crippen molar-refractivity contribution in [3.63, 3.8) is 0 Å². The molecule has 4 aromatic rings. The van der Waals surface area contributed by atoms with Gasteiger partial charge in [0, 0.05) is 80.3 Å². The highest BCUT2D eigenvalue weighted by atomic mass is 35.5. The monoisotopic (exact) mass is 642 g/mol. The molecule has 226 valence electrons. The fraction of sp³-hybridized carbons (Fsp3) is 0.393. The maximum absolute atomic E-state index is 13.9. The van der Waals surface area contributed by atoms with Crippen molar-refractivity contribution in [1.29, 1.82) is 0 Å². The van der Waals surface area contributed by atoms with Gasteiger partial charge in [0.25, 0.3) is 5.56 Å². The van der Waals surface area contributed by atoms with Gasteiger partial charge in [-0.25, -0.2) is 23.4 Å². The summed E-state index contributed by atoms with van der Waals surface area (Å²) in [4.78, 5) is 46.5. The summed E-state index contributed by atoms with van der Waals surface area (Å²) in [6.45, 7) is 7.04. The van der Waals surface area contributed by atoms with E-state index in [1.54, 1.807) is 30.3 Å². The first-order valence-corrected chi connectivity index (χ1v) is 16.6. The maximum atomic E-state index is 13.9.